The summed E-state index contributed by atoms with van der Waals surface area (Å²) in [6.45, 7) is 3.33. The number of rotatable bonds is 8. The van der Waals surface area contributed by atoms with E-state index in [2.05, 4.69) is 26.4 Å². The van der Waals surface area contributed by atoms with Crippen molar-refractivity contribution in [3.63, 3.8) is 0 Å². The highest BCUT2D eigenvalue weighted by atomic mass is 32.1. The molecule has 0 radical (unpaired) electrons. The Bertz CT molecular complexity index is 1450. The van der Waals surface area contributed by atoms with Gasteiger partial charge in [0.15, 0.2) is 5.82 Å². The van der Waals surface area contributed by atoms with E-state index in [4.69, 9.17) is 9.40 Å². The van der Waals surface area contributed by atoms with Crippen LogP contribution in [0.5, 0.6) is 5.75 Å². The number of hydrogen-bond acceptors (Lipinski definition) is 7. The minimum Gasteiger partial charge on any atom is -0.472 e. The Morgan fingerprint density at radius 2 is 1.58 bits per heavy atom. The van der Waals surface area contributed by atoms with Crippen LogP contribution in [0.4, 0.5) is 24.7 Å². The molecule has 184 valence electrons. The molecule has 2 aromatic carbocycles. The van der Waals surface area contributed by atoms with E-state index in [1.54, 1.807) is 36.0 Å². The zero-order valence-electron chi connectivity index (χ0n) is 19.1. The summed E-state index contributed by atoms with van der Waals surface area (Å²) in [4.78, 5) is 11.4. The van der Waals surface area contributed by atoms with Gasteiger partial charge in [0.2, 0.25) is 0 Å². The van der Waals surface area contributed by atoms with Crippen molar-refractivity contribution in [3.05, 3.63) is 78.1 Å². The van der Waals surface area contributed by atoms with Crippen LogP contribution in [-0.4, -0.2) is 29.4 Å². The van der Waals surface area contributed by atoms with Gasteiger partial charge < -0.3 is 19.8 Å². The van der Waals surface area contributed by atoms with Crippen molar-refractivity contribution in [1.29, 1.82) is 0 Å². The van der Waals surface area contributed by atoms with Gasteiger partial charge >= 0.3 is 6.36 Å². The molecule has 0 amide bonds. The summed E-state index contributed by atoms with van der Waals surface area (Å²) in [6.07, 6.45) is -1.47. The van der Waals surface area contributed by atoms with Gasteiger partial charge in [0, 0.05) is 23.7 Å². The maximum Gasteiger partial charge on any atom is 0.573 e. The van der Waals surface area contributed by atoms with Crippen molar-refractivity contribution in [2.75, 3.05) is 23.7 Å². The van der Waals surface area contributed by atoms with Crippen LogP contribution in [-0.2, 0) is 0 Å². The molecule has 0 atom stereocenters. The van der Waals surface area contributed by atoms with Crippen LogP contribution in [0.1, 0.15) is 4.88 Å². The fraction of sp³-hybridized carbons (Fsp3) is 0.154. The third-order valence-corrected chi connectivity index (χ3v) is 6.29. The van der Waals surface area contributed by atoms with E-state index in [1.165, 1.54) is 12.1 Å². The van der Waals surface area contributed by atoms with Crippen molar-refractivity contribution in [3.8, 4) is 28.3 Å². The van der Waals surface area contributed by atoms with Crippen LogP contribution in [0.3, 0.4) is 0 Å². The molecule has 3 heterocycles. The zero-order chi connectivity index (χ0) is 25.1. The van der Waals surface area contributed by atoms with Crippen molar-refractivity contribution in [2.24, 2.45) is 0 Å². The standard InChI is InChI=1S/C26H21F3N4O2S/c1-16-14-22-24(32-23(33-25(22)36-16)19-10-13-34-15-19)31-12-11-30-20-6-2-17(3-7-20)18-4-8-21(9-5-18)35-26(27,28)29/h2-10,13-15,30H,11-12H2,1H3,(H,31,32,33). The normalized spacial score (nSPS) is 11.6. The molecule has 6 nitrogen and oxygen atoms in total. The van der Waals surface area contributed by atoms with Crippen LogP contribution >= 0.6 is 11.3 Å². The molecule has 5 rings (SSSR count). The average molecular weight is 511 g/mol. The first-order valence-electron chi connectivity index (χ1n) is 11.1. The maximum atomic E-state index is 12.3. The van der Waals surface area contributed by atoms with Crippen LogP contribution < -0.4 is 15.4 Å². The molecule has 0 unspecified atom stereocenters. The van der Waals surface area contributed by atoms with Gasteiger partial charge in [-0.2, -0.15) is 0 Å². The number of fused-ring (bicyclic) bond motifs is 1. The van der Waals surface area contributed by atoms with E-state index in [0.717, 1.165) is 43.3 Å². The number of ether oxygens (including phenoxy) is 1. The summed E-state index contributed by atoms with van der Waals surface area (Å²) in [5, 5.41) is 7.75. The lowest BCUT2D eigenvalue weighted by Crippen LogP contribution is -2.16. The minimum absolute atomic E-state index is 0.243. The molecule has 36 heavy (non-hydrogen) atoms. The number of anilines is 2. The van der Waals surface area contributed by atoms with E-state index in [-0.39, 0.29) is 5.75 Å². The van der Waals surface area contributed by atoms with Crippen LogP contribution in [0.25, 0.3) is 32.7 Å². The smallest absolute Gasteiger partial charge is 0.472 e. The Morgan fingerprint density at radius 1 is 0.889 bits per heavy atom. The number of aromatic nitrogens is 2. The molecule has 0 aliphatic heterocycles. The molecule has 0 aliphatic rings. The lowest BCUT2D eigenvalue weighted by Gasteiger charge is -2.11. The number of benzene rings is 2. The molecule has 2 N–H and O–H groups in total. The number of hydrogen-bond donors (Lipinski definition) is 2. The Hall–Kier alpha value is -4.05. The second-order valence-corrected chi connectivity index (χ2v) is 9.22. The summed E-state index contributed by atoms with van der Waals surface area (Å²) in [5.41, 5.74) is 3.44. The molecule has 0 saturated carbocycles. The van der Waals surface area contributed by atoms with Gasteiger partial charge in [0.25, 0.3) is 0 Å². The summed E-state index contributed by atoms with van der Waals surface area (Å²) in [7, 11) is 0. The quantitative estimate of drug-likeness (QED) is 0.213. The van der Waals surface area contributed by atoms with Crippen LogP contribution in [0, 0.1) is 6.92 Å². The minimum atomic E-state index is -4.70. The fourth-order valence-electron chi connectivity index (χ4n) is 3.71. The van der Waals surface area contributed by atoms with Crippen molar-refractivity contribution in [2.45, 2.75) is 13.3 Å². The topological polar surface area (TPSA) is 72.2 Å². The zero-order valence-corrected chi connectivity index (χ0v) is 19.9. The van der Waals surface area contributed by atoms with Crippen LogP contribution in [0.15, 0.2) is 77.6 Å². The van der Waals surface area contributed by atoms with Gasteiger partial charge in [0.1, 0.15) is 22.7 Å². The fourth-order valence-corrected chi connectivity index (χ4v) is 4.59. The Balaban J connectivity index is 1.20. The van der Waals surface area contributed by atoms with Crippen molar-refractivity contribution in [1.82, 2.24) is 9.97 Å². The number of thiophene rings is 1. The predicted molar refractivity (Wildman–Crippen MR) is 135 cm³/mol. The first-order valence-corrected chi connectivity index (χ1v) is 11.9. The number of halogens is 3. The summed E-state index contributed by atoms with van der Waals surface area (Å²) in [5.74, 6) is 1.14. The number of nitrogens with one attached hydrogen (secondary N) is 2. The molecule has 0 aliphatic carbocycles. The van der Waals surface area contributed by atoms with E-state index in [0.29, 0.717) is 18.9 Å². The largest absolute Gasteiger partial charge is 0.573 e. The molecule has 5 aromatic rings. The lowest BCUT2D eigenvalue weighted by atomic mass is 10.1. The molecule has 0 saturated heterocycles. The number of furan rings is 1. The number of aryl methyl sites for hydroxylation is 1. The average Bonchev–Trinajstić information content (AvgIpc) is 3.51. The maximum absolute atomic E-state index is 12.3. The second kappa shape index (κ2) is 9.90. The predicted octanol–water partition coefficient (Wildman–Crippen LogP) is 7.35. The number of nitrogens with zero attached hydrogens (tertiary/aromatic N) is 2. The second-order valence-electron chi connectivity index (χ2n) is 7.99. The Morgan fingerprint density at radius 3 is 2.25 bits per heavy atom. The summed E-state index contributed by atoms with van der Waals surface area (Å²) in [6, 6.07) is 17.4. The van der Waals surface area contributed by atoms with Gasteiger partial charge in [-0.1, -0.05) is 24.3 Å². The van der Waals surface area contributed by atoms with E-state index in [1.807, 2.05) is 37.3 Å². The molecular weight excluding hydrogens is 489 g/mol. The van der Waals surface area contributed by atoms with Crippen molar-refractivity contribution < 1.29 is 22.3 Å². The van der Waals surface area contributed by atoms with Gasteiger partial charge in [-0.25, -0.2) is 9.97 Å². The highest BCUT2D eigenvalue weighted by Crippen LogP contribution is 2.31. The Labute approximate surface area is 208 Å². The van der Waals surface area contributed by atoms with E-state index < -0.39 is 6.36 Å². The molecule has 3 aromatic heterocycles. The van der Waals surface area contributed by atoms with Crippen molar-refractivity contribution >= 4 is 33.1 Å². The highest BCUT2D eigenvalue weighted by molar-refractivity contribution is 7.18. The van der Waals surface area contributed by atoms with E-state index in [9.17, 15) is 13.2 Å². The summed E-state index contributed by atoms with van der Waals surface area (Å²) < 4.78 is 46.1. The SMILES string of the molecule is Cc1cc2c(NCCNc3ccc(-c4ccc(OC(F)(F)F)cc4)cc3)nc(-c3ccoc3)nc2s1. The monoisotopic (exact) mass is 510 g/mol. The highest BCUT2D eigenvalue weighted by Gasteiger charge is 2.30. The molecular formula is C26H21F3N4O2S. The third-order valence-electron chi connectivity index (χ3n) is 5.35. The summed E-state index contributed by atoms with van der Waals surface area (Å²) >= 11 is 1.62. The first-order chi connectivity index (χ1) is 17.3. The molecule has 0 spiro atoms. The third kappa shape index (κ3) is 5.60. The molecule has 0 bridgehead atoms. The van der Waals surface area contributed by atoms with Gasteiger partial charge in [-0.3, -0.25) is 0 Å². The molecule has 0 fully saturated rings. The van der Waals surface area contributed by atoms with E-state index >= 15 is 0 Å². The molecule has 10 heteroatoms. The lowest BCUT2D eigenvalue weighted by molar-refractivity contribution is -0.274. The Kier molecular flexibility index (Phi) is 6.51. The number of alkyl halides is 3. The van der Waals surface area contributed by atoms with Crippen LogP contribution in [0.2, 0.25) is 0 Å². The first kappa shape index (κ1) is 23.7. The van der Waals surface area contributed by atoms with Gasteiger partial charge in [0.05, 0.1) is 17.2 Å². The van der Waals surface area contributed by atoms with Gasteiger partial charge in [-0.15, -0.1) is 24.5 Å². The van der Waals surface area contributed by atoms with Gasteiger partial charge in [-0.05, 0) is 54.4 Å².